The van der Waals surface area contributed by atoms with Crippen molar-refractivity contribution in [2.75, 3.05) is 0 Å². The number of sulfonamides is 1. The van der Waals surface area contributed by atoms with Crippen LogP contribution in [-0.2, 0) is 14.8 Å². The van der Waals surface area contributed by atoms with Gasteiger partial charge in [-0.3, -0.25) is 0 Å². The number of hydrogen-bond donors (Lipinski definition) is 1. The monoisotopic (exact) mass is 261 g/mol. The van der Waals surface area contributed by atoms with Crippen LogP contribution >= 0.6 is 0 Å². The summed E-state index contributed by atoms with van der Waals surface area (Å²) in [6.07, 6.45) is 2.09. The number of ether oxygens (including phenoxy) is 1. The molecule has 0 unspecified atom stereocenters. The van der Waals surface area contributed by atoms with Crippen molar-refractivity contribution in [2.45, 2.75) is 50.4 Å². The molecule has 1 fully saturated rings. The number of nitrogens with one attached hydrogen (secondary N) is 1. The van der Waals surface area contributed by atoms with Gasteiger partial charge in [0.25, 0.3) is 0 Å². The van der Waals surface area contributed by atoms with Crippen molar-refractivity contribution in [3.63, 3.8) is 0 Å². The van der Waals surface area contributed by atoms with Crippen molar-refractivity contribution in [3.8, 4) is 0 Å². The summed E-state index contributed by atoms with van der Waals surface area (Å²) < 4.78 is 29.9. The molecule has 0 spiro atoms. The van der Waals surface area contributed by atoms with E-state index in [1.165, 1.54) is 0 Å². The Labute approximate surface area is 102 Å². The highest BCUT2D eigenvalue weighted by molar-refractivity contribution is 7.91. The van der Waals surface area contributed by atoms with Crippen molar-refractivity contribution in [1.82, 2.24) is 4.72 Å². The Morgan fingerprint density at radius 1 is 1.47 bits per heavy atom. The van der Waals surface area contributed by atoms with Gasteiger partial charge in [-0.15, -0.1) is 6.58 Å². The summed E-state index contributed by atoms with van der Waals surface area (Å²) in [5.41, 5.74) is -0.714. The lowest BCUT2D eigenvalue weighted by Gasteiger charge is -2.21. The number of rotatable bonds is 4. The molecule has 1 saturated carbocycles. The average molecular weight is 261 g/mol. The van der Waals surface area contributed by atoms with E-state index >= 15 is 0 Å². The zero-order chi connectivity index (χ0) is 13.3. The number of allylic oxidation sites excluding steroid dienone is 1. The maximum atomic E-state index is 11.9. The number of amides is 1. The van der Waals surface area contributed by atoms with Crippen molar-refractivity contribution in [1.29, 1.82) is 0 Å². The van der Waals surface area contributed by atoms with Crippen LogP contribution in [-0.4, -0.2) is 24.9 Å². The molecule has 1 aliphatic rings. The van der Waals surface area contributed by atoms with Gasteiger partial charge in [0.15, 0.2) is 0 Å². The molecule has 5 nitrogen and oxygen atoms in total. The van der Waals surface area contributed by atoms with Gasteiger partial charge in [-0.05, 0) is 40.0 Å². The Morgan fingerprint density at radius 2 is 2.00 bits per heavy atom. The van der Waals surface area contributed by atoms with Gasteiger partial charge in [-0.2, -0.15) is 0 Å². The van der Waals surface area contributed by atoms with Crippen LogP contribution in [0.2, 0.25) is 0 Å². The van der Waals surface area contributed by atoms with E-state index in [4.69, 9.17) is 4.74 Å². The quantitative estimate of drug-likeness (QED) is 0.785. The Balaban J connectivity index is 2.68. The first kappa shape index (κ1) is 14.0. The van der Waals surface area contributed by atoms with Gasteiger partial charge in [0.2, 0.25) is 10.0 Å². The molecular weight excluding hydrogens is 242 g/mol. The lowest BCUT2D eigenvalue weighted by atomic mass is 10.2. The highest BCUT2D eigenvalue weighted by Crippen LogP contribution is 2.46. The maximum Gasteiger partial charge on any atom is 0.421 e. The Kier molecular flexibility index (Phi) is 3.57. The van der Waals surface area contributed by atoms with Crippen molar-refractivity contribution in [3.05, 3.63) is 12.7 Å². The SMILES string of the molecule is C=CCC1(S(=O)(=O)NC(=O)OC(C)(C)C)CC1. The second-order valence-corrected chi connectivity index (χ2v) is 7.36. The largest absolute Gasteiger partial charge is 0.443 e. The molecule has 1 aliphatic carbocycles. The molecule has 0 aromatic carbocycles. The van der Waals surface area contributed by atoms with Gasteiger partial charge >= 0.3 is 6.09 Å². The zero-order valence-corrected chi connectivity index (χ0v) is 11.3. The van der Waals surface area contributed by atoms with Crippen molar-refractivity contribution in [2.24, 2.45) is 0 Å². The van der Waals surface area contributed by atoms with Gasteiger partial charge < -0.3 is 4.74 Å². The van der Waals surface area contributed by atoms with Crippen LogP contribution in [0.5, 0.6) is 0 Å². The Hall–Kier alpha value is -1.04. The summed E-state index contributed by atoms with van der Waals surface area (Å²) >= 11 is 0. The maximum absolute atomic E-state index is 11.9. The highest BCUT2D eigenvalue weighted by atomic mass is 32.2. The molecule has 1 amide bonds. The minimum Gasteiger partial charge on any atom is -0.443 e. The molecule has 0 bridgehead atoms. The van der Waals surface area contributed by atoms with Gasteiger partial charge in [0.1, 0.15) is 5.60 Å². The summed E-state index contributed by atoms with van der Waals surface area (Å²) in [7, 11) is -3.68. The fourth-order valence-electron chi connectivity index (χ4n) is 1.50. The molecule has 0 aliphatic heterocycles. The van der Waals surface area contributed by atoms with E-state index in [-0.39, 0.29) is 0 Å². The van der Waals surface area contributed by atoms with Crippen LogP contribution in [0.1, 0.15) is 40.0 Å². The minimum atomic E-state index is -3.68. The minimum absolute atomic E-state index is 0.352. The fourth-order valence-corrected chi connectivity index (χ4v) is 2.96. The lowest BCUT2D eigenvalue weighted by Crippen LogP contribution is -2.42. The molecular formula is C11H19NO4S. The first-order chi connectivity index (χ1) is 7.62. The molecule has 0 atom stereocenters. The lowest BCUT2D eigenvalue weighted by molar-refractivity contribution is 0.0569. The van der Waals surface area contributed by atoms with E-state index in [9.17, 15) is 13.2 Å². The molecule has 1 rings (SSSR count). The number of carbonyl (C=O) groups is 1. The van der Waals surface area contributed by atoms with Crippen LogP contribution in [0, 0.1) is 0 Å². The van der Waals surface area contributed by atoms with Gasteiger partial charge in [-0.1, -0.05) is 6.08 Å². The fraction of sp³-hybridized carbons (Fsp3) is 0.727. The molecule has 0 aromatic heterocycles. The highest BCUT2D eigenvalue weighted by Gasteiger charge is 2.54. The smallest absolute Gasteiger partial charge is 0.421 e. The summed E-state index contributed by atoms with van der Waals surface area (Å²) in [5.74, 6) is 0. The second-order valence-electron chi connectivity index (χ2n) is 5.28. The topological polar surface area (TPSA) is 72.5 Å². The second kappa shape index (κ2) is 4.33. The Bertz CT molecular complexity index is 415. The molecule has 6 heteroatoms. The number of carbonyl (C=O) groups excluding carboxylic acids is 1. The summed E-state index contributed by atoms with van der Waals surface area (Å²) in [4.78, 5) is 11.4. The van der Waals surface area contributed by atoms with Crippen LogP contribution in [0.15, 0.2) is 12.7 Å². The van der Waals surface area contributed by atoms with Crippen LogP contribution in [0.3, 0.4) is 0 Å². The molecule has 0 saturated heterocycles. The third-order valence-electron chi connectivity index (χ3n) is 2.51. The summed E-state index contributed by atoms with van der Waals surface area (Å²) in [5, 5.41) is 0. The normalized spacial score (nSPS) is 18.3. The van der Waals surface area contributed by atoms with E-state index in [0.29, 0.717) is 19.3 Å². The van der Waals surface area contributed by atoms with E-state index in [0.717, 1.165) is 0 Å². The van der Waals surface area contributed by atoms with E-state index in [1.54, 1.807) is 26.8 Å². The van der Waals surface area contributed by atoms with Crippen molar-refractivity contribution < 1.29 is 17.9 Å². The van der Waals surface area contributed by atoms with Gasteiger partial charge in [0.05, 0.1) is 4.75 Å². The van der Waals surface area contributed by atoms with Gasteiger partial charge in [-0.25, -0.2) is 17.9 Å². The van der Waals surface area contributed by atoms with Crippen molar-refractivity contribution >= 4 is 16.1 Å². The molecule has 1 N–H and O–H groups in total. The zero-order valence-electron chi connectivity index (χ0n) is 10.4. The predicted octanol–water partition coefficient (Wildman–Crippen LogP) is 1.95. The van der Waals surface area contributed by atoms with Crippen LogP contribution in [0.25, 0.3) is 0 Å². The first-order valence-corrected chi connectivity index (χ1v) is 6.96. The average Bonchev–Trinajstić information content (AvgIpc) is 2.80. The molecule has 0 radical (unpaired) electrons. The molecule has 17 heavy (non-hydrogen) atoms. The van der Waals surface area contributed by atoms with E-state index in [1.807, 2.05) is 4.72 Å². The third-order valence-corrected chi connectivity index (χ3v) is 4.66. The third kappa shape index (κ3) is 3.46. The predicted molar refractivity (Wildman–Crippen MR) is 65.1 cm³/mol. The molecule has 98 valence electrons. The van der Waals surface area contributed by atoms with Crippen LogP contribution in [0.4, 0.5) is 4.79 Å². The standard InChI is InChI=1S/C11H19NO4S/c1-5-6-11(7-8-11)17(14,15)12-9(13)16-10(2,3)4/h5H,1,6-8H2,2-4H3,(H,12,13). The Morgan fingerprint density at radius 3 is 2.35 bits per heavy atom. The van der Waals surface area contributed by atoms with E-state index in [2.05, 4.69) is 6.58 Å². The first-order valence-electron chi connectivity index (χ1n) is 5.48. The van der Waals surface area contributed by atoms with Crippen LogP contribution < -0.4 is 4.72 Å². The molecule has 0 heterocycles. The summed E-state index contributed by atoms with van der Waals surface area (Å²) in [6.45, 7) is 8.56. The summed E-state index contributed by atoms with van der Waals surface area (Å²) in [6, 6.07) is 0. The van der Waals surface area contributed by atoms with Gasteiger partial charge in [0, 0.05) is 0 Å². The number of hydrogen-bond acceptors (Lipinski definition) is 4. The molecule has 0 aromatic rings. The van der Waals surface area contributed by atoms with E-state index < -0.39 is 26.5 Å².